The van der Waals surface area contributed by atoms with Crippen LogP contribution in [-0.4, -0.2) is 59.8 Å². The van der Waals surface area contributed by atoms with Crippen LogP contribution in [0.3, 0.4) is 0 Å². The molecule has 136 valence electrons. The van der Waals surface area contributed by atoms with Crippen molar-refractivity contribution in [3.63, 3.8) is 0 Å². The van der Waals surface area contributed by atoms with Gasteiger partial charge in [-0.15, -0.1) is 0 Å². The molecule has 0 radical (unpaired) electrons. The largest absolute Gasteiger partial charge is 0.481 e. The van der Waals surface area contributed by atoms with Crippen LogP contribution >= 0.6 is 0 Å². The number of nitrogens with one attached hydrogen (secondary N) is 1. The zero-order chi connectivity index (χ0) is 17.4. The van der Waals surface area contributed by atoms with E-state index in [9.17, 15) is 9.90 Å². The van der Waals surface area contributed by atoms with Gasteiger partial charge in [-0.1, -0.05) is 0 Å². The molecule has 0 bridgehead atoms. The van der Waals surface area contributed by atoms with Crippen LogP contribution in [0.5, 0.6) is 0 Å². The molecule has 4 N–H and O–H groups in total. The Balaban J connectivity index is 1.62. The van der Waals surface area contributed by atoms with Crippen molar-refractivity contribution in [2.24, 2.45) is 5.41 Å². The summed E-state index contributed by atoms with van der Waals surface area (Å²) in [4.78, 5) is 25.4. The van der Waals surface area contributed by atoms with Gasteiger partial charge in [-0.05, 0) is 38.6 Å². The fourth-order valence-electron chi connectivity index (χ4n) is 4.50. The molecule has 0 saturated carbocycles. The van der Waals surface area contributed by atoms with Gasteiger partial charge in [0.2, 0.25) is 5.95 Å². The number of hydrogen-bond acceptors (Lipinski definition) is 7. The quantitative estimate of drug-likeness (QED) is 0.734. The fraction of sp³-hybridized carbons (Fsp3) is 0.706. The van der Waals surface area contributed by atoms with Crippen LogP contribution in [-0.2, 0) is 4.79 Å². The number of anilines is 3. The van der Waals surface area contributed by atoms with Crippen molar-refractivity contribution in [1.29, 1.82) is 0 Å². The number of aromatic nitrogens is 2. The van der Waals surface area contributed by atoms with E-state index in [2.05, 4.69) is 20.1 Å². The van der Waals surface area contributed by atoms with Gasteiger partial charge in [0, 0.05) is 38.3 Å². The van der Waals surface area contributed by atoms with Crippen LogP contribution in [0.1, 0.15) is 32.1 Å². The summed E-state index contributed by atoms with van der Waals surface area (Å²) in [5, 5.41) is 13.3. The third kappa shape index (κ3) is 2.88. The van der Waals surface area contributed by atoms with Crippen LogP contribution in [0.15, 0.2) is 6.07 Å². The van der Waals surface area contributed by atoms with Gasteiger partial charge in [0.05, 0.1) is 0 Å². The Kier molecular flexibility index (Phi) is 4.15. The van der Waals surface area contributed by atoms with Gasteiger partial charge in [-0.25, -0.2) is 0 Å². The van der Waals surface area contributed by atoms with Gasteiger partial charge in [0.25, 0.3) is 0 Å². The van der Waals surface area contributed by atoms with Gasteiger partial charge in [-0.3, -0.25) is 4.79 Å². The van der Waals surface area contributed by atoms with Crippen molar-refractivity contribution in [3.05, 3.63) is 6.07 Å². The summed E-state index contributed by atoms with van der Waals surface area (Å²) in [5.41, 5.74) is 5.28. The predicted molar refractivity (Wildman–Crippen MR) is 95.8 cm³/mol. The minimum atomic E-state index is -0.746. The van der Waals surface area contributed by atoms with Gasteiger partial charge < -0.3 is 26.0 Å². The van der Waals surface area contributed by atoms with Gasteiger partial charge in [-0.2, -0.15) is 9.97 Å². The minimum Gasteiger partial charge on any atom is -0.481 e. The van der Waals surface area contributed by atoms with E-state index >= 15 is 0 Å². The third-order valence-corrected chi connectivity index (χ3v) is 5.88. The number of nitrogens with zero attached hydrogens (tertiary/aromatic N) is 4. The van der Waals surface area contributed by atoms with Crippen molar-refractivity contribution in [2.45, 2.75) is 38.1 Å². The monoisotopic (exact) mass is 346 g/mol. The molecular formula is C17H26N6O2. The summed E-state index contributed by atoms with van der Waals surface area (Å²) in [7, 11) is 0. The molecule has 0 aliphatic carbocycles. The van der Waals surface area contributed by atoms with Crippen LogP contribution < -0.4 is 20.9 Å². The first-order valence-electron chi connectivity index (χ1n) is 9.20. The van der Waals surface area contributed by atoms with E-state index in [-0.39, 0.29) is 6.04 Å². The zero-order valence-corrected chi connectivity index (χ0v) is 14.4. The van der Waals surface area contributed by atoms with Crippen LogP contribution in [0.4, 0.5) is 17.6 Å². The molecule has 3 saturated heterocycles. The maximum absolute atomic E-state index is 12.1. The highest BCUT2D eigenvalue weighted by Crippen LogP contribution is 2.39. The highest BCUT2D eigenvalue weighted by Gasteiger charge is 2.51. The fourth-order valence-corrected chi connectivity index (χ4v) is 4.50. The second-order valence-corrected chi connectivity index (χ2v) is 7.43. The number of hydrogen-bond donors (Lipinski definition) is 3. The summed E-state index contributed by atoms with van der Waals surface area (Å²) >= 11 is 0. The molecule has 3 fully saturated rings. The molecule has 1 aromatic rings. The summed E-state index contributed by atoms with van der Waals surface area (Å²) in [6, 6.07) is 1.80. The van der Waals surface area contributed by atoms with E-state index in [1.807, 2.05) is 0 Å². The number of carboxylic acids is 1. The van der Waals surface area contributed by atoms with Crippen LogP contribution in [0, 0.1) is 5.41 Å². The number of nitrogen functional groups attached to an aromatic ring is 1. The Bertz CT molecular complexity index is 663. The third-order valence-electron chi connectivity index (χ3n) is 5.88. The SMILES string of the molecule is Nc1cc(N2CC[C@@H]3NCCC[C@@]3(C(=O)O)C2)nc(N2CCCC2)n1. The topological polar surface area (TPSA) is 108 Å². The molecular weight excluding hydrogens is 320 g/mol. The Morgan fingerprint density at radius 2 is 2.04 bits per heavy atom. The number of aliphatic carboxylic acids is 1. The minimum absolute atomic E-state index is 0.0345. The molecule has 8 heteroatoms. The normalized spacial score (nSPS) is 29.5. The molecule has 4 rings (SSSR count). The van der Waals surface area contributed by atoms with Crippen molar-refractivity contribution in [2.75, 3.05) is 48.3 Å². The number of carboxylic acid groups (broad SMARTS) is 1. The standard InChI is InChI=1S/C17H26N6O2/c18-13-10-14(21-16(20-13)22-7-1-2-8-22)23-9-4-12-17(11-23,15(24)25)5-3-6-19-12/h10,12,19H,1-9,11H2,(H,24,25)(H2,18,20,21)/t12-,17+/m0/s1. The maximum atomic E-state index is 12.1. The van der Waals surface area contributed by atoms with Crippen molar-refractivity contribution in [3.8, 4) is 0 Å². The molecule has 0 unspecified atom stereocenters. The molecule has 25 heavy (non-hydrogen) atoms. The van der Waals surface area contributed by atoms with E-state index < -0.39 is 11.4 Å². The number of piperidine rings is 2. The first-order valence-corrected chi connectivity index (χ1v) is 9.20. The van der Waals surface area contributed by atoms with E-state index in [1.54, 1.807) is 6.07 Å². The Labute approximate surface area is 147 Å². The van der Waals surface area contributed by atoms with E-state index in [4.69, 9.17) is 10.7 Å². The number of rotatable bonds is 3. The summed E-state index contributed by atoms with van der Waals surface area (Å²) < 4.78 is 0. The van der Waals surface area contributed by atoms with Gasteiger partial charge in [0.1, 0.15) is 17.1 Å². The van der Waals surface area contributed by atoms with Gasteiger partial charge in [0.15, 0.2) is 0 Å². The number of nitrogens with two attached hydrogens (primary N) is 1. The van der Waals surface area contributed by atoms with Crippen molar-refractivity contribution < 1.29 is 9.90 Å². The average Bonchev–Trinajstić information content (AvgIpc) is 3.15. The van der Waals surface area contributed by atoms with E-state index in [1.165, 1.54) is 0 Å². The maximum Gasteiger partial charge on any atom is 0.313 e. The first kappa shape index (κ1) is 16.4. The molecule has 3 aliphatic rings. The molecule has 8 nitrogen and oxygen atoms in total. The molecule has 0 aromatic carbocycles. The predicted octanol–water partition coefficient (Wildman–Crippen LogP) is 0.692. The molecule has 4 heterocycles. The lowest BCUT2D eigenvalue weighted by atomic mass is 9.70. The summed E-state index contributed by atoms with van der Waals surface area (Å²) in [6.45, 7) is 4.06. The van der Waals surface area contributed by atoms with Crippen LogP contribution in [0.2, 0.25) is 0 Å². The molecule has 0 amide bonds. The second-order valence-electron chi connectivity index (χ2n) is 7.43. The highest BCUT2D eigenvalue weighted by molar-refractivity contribution is 5.77. The highest BCUT2D eigenvalue weighted by atomic mass is 16.4. The lowest BCUT2D eigenvalue weighted by molar-refractivity contribution is -0.153. The van der Waals surface area contributed by atoms with Crippen molar-refractivity contribution in [1.82, 2.24) is 15.3 Å². The Morgan fingerprint density at radius 3 is 2.80 bits per heavy atom. The van der Waals surface area contributed by atoms with Gasteiger partial charge >= 0.3 is 5.97 Å². The van der Waals surface area contributed by atoms with Crippen LogP contribution in [0.25, 0.3) is 0 Å². The molecule has 3 aliphatic heterocycles. The molecule has 2 atom stereocenters. The molecule has 0 spiro atoms. The Hall–Kier alpha value is -2.09. The van der Waals surface area contributed by atoms with E-state index in [0.717, 1.165) is 57.7 Å². The summed E-state index contributed by atoms with van der Waals surface area (Å²) in [6.07, 6.45) is 4.69. The average molecular weight is 346 g/mol. The summed E-state index contributed by atoms with van der Waals surface area (Å²) in [5.74, 6) is 1.15. The second kappa shape index (κ2) is 6.33. The lowest BCUT2D eigenvalue weighted by Crippen LogP contribution is -2.63. The smallest absolute Gasteiger partial charge is 0.313 e. The molecule has 1 aromatic heterocycles. The number of carbonyl (C=O) groups is 1. The van der Waals surface area contributed by atoms with Crippen molar-refractivity contribution >= 4 is 23.6 Å². The zero-order valence-electron chi connectivity index (χ0n) is 14.4. The first-order chi connectivity index (χ1) is 12.1. The number of fused-ring (bicyclic) bond motifs is 1. The van der Waals surface area contributed by atoms with E-state index in [0.29, 0.717) is 24.7 Å². The lowest BCUT2D eigenvalue weighted by Gasteiger charge is -2.48. The Morgan fingerprint density at radius 1 is 1.24 bits per heavy atom.